The van der Waals surface area contributed by atoms with Gasteiger partial charge in [0.2, 0.25) is 11.8 Å². The van der Waals surface area contributed by atoms with E-state index in [0.717, 1.165) is 4.90 Å². The van der Waals surface area contributed by atoms with E-state index in [-0.39, 0.29) is 42.8 Å². The normalized spacial score (nSPS) is 27.7. The summed E-state index contributed by atoms with van der Waals surface area (Å²) in [7, 11) is 0. The third-order valence-corrected chi connectivity index (χ3v) is 8.81. The Morgan fingerprint density at radius 3 is 2.29 bits per heavy atom. The molecule has 0 aliphatic carbocycles. The van der Waals surface area contributed by atoms with Gasteiger partial charge in [-0.1, -0.05) is 64.1 Å². The zero-order valence-corrected chi connectivity index (χ0v) is 22.9. The monoisotopic (exact) mass is 613 g/mol. The van der Waals surface area contributed by atoms with Gasteiger partial charge in [0.05, 0.1) is 28.2 Å². The van der Waals surface area contributed by atoms with Crippen LogP contribution in [0.5, 0.6) is 0 Å². The third-order valence-electron chi connectivity index (χ3n) is 7.50. The number of carbonyl (C=O) groups is 2. The molecule has 1 spiro atoms. The molecule has 196 valence electrons. The topological polar surface area (TPSA) is 81.7 Å². The van der Waals surface area contributed by atoms with Crippen molar-refractivity contribution in [3.8, 4) is 0 Å². The maximum absolute atomic E-state index is 14.8. The largest absolute Gasteiger partial charge is 0.371 e. The number of imide groups is 1. The van der Waals surface area contributed by atoms with Crippen molar-refractivity contribution in [2.45, 2.75) is 24.2 Å². The number of rotatable bonds is 3. The first-order valence-electron chi connectivity index (χ1n) is 11.5. The van der Waals surface area contributed by atoms with Crippen LogP contribution in [0.1, 0.15) is 11.1 Å². The summed E-state index contributed by atoms with van der Waals surface area (Å²) in [5, 5.41) is 18.8. The Labute approximate surface area is 241 Å². The quantitative estimate of drug-likeness (QED) is 0.313. The lowest BCUT2D eigenvalue weighted by molar-refractivity contribution is -0.124. The number of aliphatic hydroxyl groups is 1. The van der Waals surface area contributed by atoms with Crippen molar-refractivity contribution in [1.82, 2.24) is 5.32 Å². The summed E-state index contributed by atoms with van der Waals surface area (Å²) in [6, 6.07) is 11.0. The van der Waals surface area contributed by atoms with Crippen LogP contribution in [-0.4, -0.2) is 29.2 Å². The molecule has 2 fully saturated rings. The van der Waals surface area contributed by atoms with E-state index < -0.39 is 47.3 Å². The van der Waals surface area contributed by atoms with Gasteiger partial charge in [-0.15, -0.1) is 0 Å². The van der Waals surface area contributed by atoms with Gasteiger partial charge >= 0.3 is 0 Å². The molecule has 3 N–H and O–H groups in total. The van der Waals surface area contributed by atoms with E-state index >= 15 is 0 Å². The van der Waals surface area contributed by atoms with Crippen molar-refractivity contribution in [1.29, 1.82) is 0 Å². The summed E-state index contributed by atoms with van der Waals surface area (Å²) in [6.45, 7) is 0. The van der Waals surface area contributed by atoms with Crippen molar-refractivity contribution in [2.24, 2.45) is 11.8 Å². The number of nitrogens with one attached hydrogen (secondary N) is 2. The fourth-order valence-corrected chi connectivity index (χ4v) is 7.35. The van der Waals surface area contributed by atoms with Crippen LogP contribution in [0.3, 0.4) is 0 Å². The first-order chi connectivity index (χ1) is 18.0. The van der Waals surface area contributed by atoms with Crippen LogP contribution in [0.4, 0.5) is 15.8 Å². The van der Waals surface area contributed by atoms with E-state index in [9.17, 15) is 19.1 Å². The highest BCUT2D eigenvalue weighted by molar-refractivity contribution is 6.37. The van der Waals surface area contributed by atoms with Crippen LogP contribution in [0.25, 0.3) is 0 Å². The summed E-state index contributed by atoms with van der Waals surface area (Å²) in [4.78, 5) is 29.1. The predicted molar refractivity (Wildman–Crippen MR) is 146 cm³/mol. The minimum absolute atomic E-state index is 0.0338. The molecule has 2 saturated heterocycles. The highest BCUT2D eigenvalue weighted by atomic mass is 35.5. The average molecular weight is 616 g/mol. The first-order valence-corrected chi connectivity index (χ1v) is 13.4. The van der Waals surface area contributed by atoms with E-state index in [1.165, 1.54) is 36.4 Å². The molecule has 3 aliphatic rings. The molecule has 0 bridgehead atoms. The van der Waals surface area contributed by atoms with Gasteiger partial charge < -0.3 is 10.4 Å². The van der Waals surface area contributed by atoms with Crippen molar-refractivity contribution < 1.29 is 19.1 Å². The number of anilines is 2. The lowest BCUT2D eigenvalue weighted by atomic mass is 9.75. The summed E-state index contributed by atoms with van der Waals surface area (Å²) < 4.78 is 14.8. The van der Waals surface area contributed by atoms with E-state index in [1.54, 1.807) is 12.1 Å². The molecule has 0 saturated carbocycles. The fourth-order valence-electron chi connectivity index (χ4n) is 6.05. The Kier molecular flexibility index (Phi) is 6.35. The van der Waals surface area contributed by atoms with Gasteiger partial charge in [0, 0.05) is 37.3 Å². The van der Waals surface area contributed by atoms with Crippen molar-refractivity contribution in [3.05, 3.63) is 90.6 Å². The molecule has 5 unspecified atom stereocenters. The molecule has 0 aromatic heterocycles. The van der Waals surface area contributed by atoms with Gasteiger partial charge in [0.25, 0.3) is 0 Å². The van der Waals surface area contributed by atoms with Crippen LogP contribution in [0, 0.1) is 17.7 Å². The molecule has 0 radical (unpaired) electrons. The highest BCUT2D eigenvalue weighted by Gasteiger charge is 2.70. The van der Waals surface area contributed by atoms with E-state index in [1.807, 2.05) is 0 Å². The minimum Gasteiger partial charge on any atom is -0.371 e. The summed E-state index contributed by atoms with van der Waals surface area (Å²) in [5.74, 6) is -3.80. The van der Waals surface area contributed by atoms with Crippen LogP contribution in [0.2, 0.25) is 25.1 Å². The minimum atomic E-state index is -1.51. The molecule has 3 aromatic rings. The standard InChI is InChI=1S/C26H17Cl5FN3O3/c27-10-4-11(28)6-13(5-10)35-23(36)20-19(9-14-16(30)2-1-3-18(14)32)34-26(21(20)24(35)37)15-7-12(29)8-17(31)22(15)33-25(26)38/h1-8,19-21,25,33-34,38H,9H2. The fraction of sp³-hybridized carbons (Fsp3) is 0.231. The van der Waals surface area contributed by atoms with Gasteiger partial charge in [0.1, 0.15) is 17.6 Å². The molecule has 38 heavy (non-hydrogen) atoms. The smallest absolute Gasteiger partial charge is 0.240 e. The first kappa shape index (κ1) is 26.1. The molecule has 3 aliphatic heterocycles. The Morgan fingerprint density at radius 1 is 0.921 bits per heavy atom. The zero-order valence-electron chi connectivity index (χ0n) is 19.1. The number of hydrogen-bond acceptors (Lipinski definition) is 5. The molecule has 6 nitrogen and oxygen atoms in total. The van der Waals surface area contributed by atoms with Gasteiger partial charge in [-0.2, -0.15) is 0 Å². The van der Waals surface area contributed by atoms with Crippen LogP contribution < -0.4 is 15.5 Å². The van der Waals surface area contributed by atoms with E-state index in [0.29, 0.717) is 11.3 Å². The lowest BCUT2D eigenvalue weighted by Gasteiger charge is -2.34. The number of amides is 2. The Bertz CT molecular complexity index is 1500. The molecule has 2 amide bonds. The lowest BCUT2D eigenvalue weighted by Crippen LogP contribution is -2.55. The molecule has 3 heterocycles. The van der Waals surface area contributed by atoms with Gasteiger partial charge in [0.15, 0.2) is 0 Å². The number of benzene rings is 3. The van der Waals surface area contributed by atoms with E-state index in [4.69, 9.17) is 58.0 Å². The molecular weight excluding hydrogens is 599 g/mol. The number of nitrogens with zero attached hydrogens (tertiary/aromatic N) is 1. The molecule has 6 rings (SSSR count). The van der Waals surface area contributed by atoms with Crippen LogP contribution >= 0.6 is 58.0 Å². The molecule has 12 heteroatoms. The average Bonchev–Trinajstić information content (AvgIpc) is 3.41. The van der Waals surface area contributed by atoms with Gasteiger partial charge in [-0.25, -0.2) is 9.29 Å². The second kappa shape index (κ2) is 9.24. The second-order valence-corrected chi connectivity index (χ2v) is 11.6. The zero-order chi connectivity index (χ0) is 27.1. The number of halogens is 6. The number of carbonyl (C=O) groups excluding carboxylic acids is 2. The number of fused-ring (bicyclic) bond motifs is 4. The maximum Gasteiger partial charge on any atom is 0.240 e. The third kappa shape index (κ3) is 3.75. The highest BCUT2D eigenvalue weighted by Crippen LogP contribution is 2.57. The number of hydrogen-bond donors (Lipinski definition) is 3. The molecule has 5 atom stereocenters. The summed E-state index contributed by atoms with van der Waals surface area (Å²) in [5.41, 5.74) is -0.345. The predicted octanol–water partition coefficient (Wildman–Crippen LogP) is 6.05. The molecule has 3 aromatic carbocycles. The summed E-state index contributed by atoms with van der Waals surface area (Å²) >= 11 is 31.4. The molecular formula is C26H17Cl5FN3O3. The number of aliphatic hydroxyl groups excluding tert-OH is 1. The Morgan fingerprint density at radius 2 is 1.61 bits per heavy atom. The van der Waals surface area contributed by atoms with Gasteiger partial charge in [-0.3, -0.25) is 14.9 Å². The van der Waals surface area contributed by atoms with E-state index in [2.05, 4.69) is 10.6 Å². The SMILES string of the molecule is O=C1C2C(Cc3c(F)cccc3Cl)NC3(c4cc(Cl)cc(Cl)c4NC3O)C2C(=O)N1c1cc(Cl)cc(Cl)c1. The van der Waals surface area contributed by atoms with Crippen LogP contribution in [-0.2, 0) is 21.5 Å². The van der Waals surface area contributed by atoms with Crippen molar-refractivity contribution in [3.63, 3.8) is 0 Å². The second-order valence-electron chi connectivity index (χ2n) is 9.52. The maximum atomic E-state index is 14.8. The van der Waals surface area contributed by atoms with Crippen molar-refractivity contribution in [2.75, 3.05) is 10.2 Å². The van der Waals surface area contributed by atoms with Crippen molar-refractivity contribution >= 4 is 81.2 Å². The van der Waals surface area contributed by atoms with Gasteiger partial charge in [-0.05, 0) is 48.9 Å². The van der Waals surface area contributed by atoms with Crippen LogP contribution in [0.15, 0.2) is 48.5 Å². The Hall–Kier alpha value is -2.10. The summed E-state index contributed by atoms with van der Waals surface area (Å²) in [6.07, 6.45) is -1.41. The Balaban J connectivity index is 1.54.